The Hall–Kier alpha value is -3.18. The molecule has 0 heterocycles. The first kappa shape index (κ1) is 27.9. The van der Waals surface area contributed by atoms with Crippen LogP contribution in [0.5, 0.6) is 5.75 Å². The number of nitrogens with two attached hydrogens (primary N) is 1. The van der Waals surface area contributed by atoms with E-state index >= 15 is 0 Å². The molecule has 1 aromatic carbocycles. The second-order valence-corrected chi connectivity index (χ2v) is 8.14. The topological polar surface area (TPSA) is 191 Å². The second-order valence-electron chi connectivity index (χ2n) is 8.14. The van der Waals surface area contributed by atoms with Gasteiger partial charge in [-0.3, -0.25) is 14.4 Å². The molecule has 0 fully saturated rings. The van der Waals surface area contributed by atoms with Gasteiger partial charge in [-0.05, 0) is 43.9 Å². The van der Waals surface area contributed by atoms with Gasteiger partial charge in [0.2, 0.25) is 17.7 Å². The molecule has 0 radical (unpaired) electrons. The average molecular weight is 467 g/mol. The summed E-state index contributed by atoms with van der Waals surface area (Å²) in [4.78, 5) is 48.9. The summed E-state index contributed by atoms with van der Waals surface area (Å²) in [6, 6.07) is 1.52. The highest BCUT2D eigenvalue weighted by molar-refractivity contribution is 5.94. The van der Waals surface area contributed by atoms with Gasteiger partial charge in [-0.15, -0.1) is 0 Å². The van der Waals surface area contributed by atoms with Crippen LogP contribution in [0.25, 0.3) is 0 Å². The zero-order valence-electron chi connectivity index (χ0n) is 19.2. The van der Waals surface area contributed by atoms with Gasteiger partial charge in [-0.25, -0.2) is 4.79 Å². The number of rotatable bonds is 12. The number of phenolic OH excluding ortho intramolecular Hbond substituents is 1. The number of benzene rings is 1. The maximum atomic E-state index is 12.6. The molecule has 0 aliphatic heterocycles. The van der Waals surface area contributed by atoms with Crippen molar-refractivity contribution in [1.29, 1.82) is 0 Å². The Morgan fingerprint density at radius 1 is 0.909 bits per heavy atom. The van der Waals surface area contributed by atoms with Crippen LogP contribution in [0.2, 0.25) is 0 Å². The van der Waals surface area contributed by atoms with Crippen LogP contribution in [0.15, 0.2) is 24.3 Å². The lowest BCUT2D eigenvalue weighted by atomic mass is 9.98. The van der Waals surface area contributed by atoms with Crippen LogP contribution in [-0.2, 0) is 25.6 Å². The Morgan fingerprint density at radius 2 is 1.45 bits per heavy atom. The summed E-state index contributed by atoms with van der Waals surface area (Å²) in [6.07, 6.45) is -0.651. The van der Waals surface area contributed by atoms with Crippen LogP contribution in [0.3, 0.4) is 0 Å². The minimum Gasteiger partial charge on any atom is -0.508 e. The quantitative estimate of drug-likeness (QED) is 0.209. The Labute approximate surface area is 192 Å². The van der Waals surface area contributed by atoms with Crippen molar-refractivity contribution in [3.63, 3.8) is 0 Å². The summed E-state index contributed by atoms with van der Waals surface area (Å²) in [5, 5.41) is 35.8. The molecule has 33 heavy (non-hydrogen) atoms. The summed E-state index contributed by atoms with van der Waals surface area (Å²) in [5.41, 5.74) is 6.61. The molecular weight excluding hydrogens is 432 g/mol. The number of nitrogens with one attached hydrogen (secondary N) is 3. The van der Waals surface area contributed by atoms with Gasteiger partial charge in [0.05, 0.1) is 12.1 Å². The normalized spacial score (nSPS) is 16.4. The first-order chi connectivity index (χ1) is 15.4. The van der Waals surface area contributed by atoms with Crippen LogP contribution in [0, 0.1) is 5.92 Å². The number of hydrogen-bond acceptors (Lipinski definition) is 7. The first-order valence-corrected chi connectivity index (χ1v) is 10.7. The van der Waals surface area contributed by atoms with Crippen molar-refractivity contribution in [2.45, 2.75) is 70.8 Å². The maximum Gasteiger partial charge on any atom is 0.326 e. The van der Waals surface area contributed by atoms with E-state index in [-0.39, 0.29) is 18.1 Å². The van der Waals surface area contributed by atoms with E-state index in [2.05, 4.69) is 16.0 Å². The van der Waals surface area contributed by atoms with E-state index in [9.17, 15) is 34.5 Å². The number of aromatic hydroxyl groups is 1. The molecule has 0 spiro atoms. The largest absolute Gasteiger partial charge is 0.508 e. The molecule has 6 atom stereocenters. The predicted molar refractivity (Wildman–Crippen MR) is 120 cm³/mol. The van der Waals surface area contributed by atoms with Crippen LogP contribution in [0.4, 0.5) is 0 Å². The van der Waals surface area contributed by atoms with Crippen molar-refractivity contribution in [2.75, 3.05) is 0 Å². The second kappa shape index (κ2) is 12.8. The third kappa shape index (κ3) is 8.70. The predicted octanol–water partition coefficient (Wildman–Crippen LogP) is -0.752. The lowest BCUT2D eigenvalue weighted by Crippen LogP contribution is -2.60. The summed E-state index contributed by atoms with van der Waals surface area (Å²) in [6.45, 7) is 6.10. The van der Waals surface area contributed by atoms with Gasteiger partial charge in [0, 0.05) is 0 Å². The third-order valence-corrected chi connectivity index (χ3v) is 5.32. The highest BCUT2D eigenvalue weighted by Gasteiger charge is 2.33. The van der Waals surface area contributed by atoms with E-state index in [1.807, 2.05) is 0 Å². The number of carboxylic acid groups (broad SMARTS) is 1. The van der Waals surface area contributed by atoms with E-state index in [4.69, 9.17) is 5.73 Å². The number of aliphatic hydroxyl groups is 1. The fraction of sp³-hybridized carbons (Fsp3) is 0.545. The fourth-order valence-electron chi connectivity index (χ4n) is 2.97. The molecular formula is C22H34N4O7. The van der Waals surface area contributed by atoms with Gasteiger partial charge < -0.3 is 37.0 Å². The number of carbonyl (C=O) groups excluding carboxylic acids is 3. The zero-order valence-corrected chi connectivity index (χ0v) is 19.2. The highest BCUT2D eigenvalue weighted by Crippen LogP contribution is 2.11. The molecule has 0 saturated carbocycles. The van der Waals surface area contributed by atoms with E-state index in [0.717, 1.165) is 0 Å². The molecule has 0 aromatic heterocycles. The smallest absolute Gasteiger partial charge is 0.326 e. The van der Waals surface area contributed by atoms with Gasteiger partial charge in [0.1, 0.15) is 23.9 Å². The number of phenols is 1. The summed E-state index contributed by atoms with van der Waals surface area (Å²) < 4.78 is 0. The van der Waals surface area contributed by atoms with E-state index in [1.165, 1.54) is 26.0 Å². The van der Waals surface area contributed by atoms with Gasteiger partial charge in [-0.1, -0.05) is 32.4 Å². The van der Waals surface area contributed by atoms with Crippen LogP contribution in [-0.4, -0.2) is 69.3 Å². The van der Waals surface area contributed by atoms with Crippen LogP contribution in [0.1, 0.15) is 39.7 Å². The minimum absolute atomic E-state index is 0.0811. The zero-order chi connectivity index (χ0) is 25.3. The Morgan fingerprint density at radius 3 is 1.94 bits per heavy atom. The number of aliphatic hydroxyl groups excluding tert-OH is 1. The molecule has 11 nitrogen and oxygen atoms in total. The van der Waals surface area contributed by atoms with E-state index in [0.29, 0.717) is 12.0 Å². The average Bonchev–Trinajstić information content (AvgIpc) is 2.75. The molecule has 3 amide bonds. The van der Waals surface area contributed by atoms with Gasteiger partial charge in [0.15, 0.2) is 0 Å². The van der Waals surface area contributed by atoms with Crippen LogP contribution >= 0.6 is 0 Å². The van der Waals surface area contributed by atoms with Crippen molar-refractivity contribution in [3.05, 3.63) is 29.8 Å². The summed E-state index contributed by atoms with van der Waals surface area (Å²) >= 11 is 0. The van der Waals surface area contributed by atoms with Crippen molar-refractivity contribution >= 4 is 23.7 Å². The van der Waals surface area contributed by atoms with E-state index < -0.39 is 54.0 Å². The first-order valence-electron chi connectivity index (χ1n) is 10.7. The lowest BCUT2D eigenvalue weighted by molar-refractivity contribution is -0.144. The van der Waals surface area contributed by atoms with Gasteiger partial charge >= 0.3 is 5.97 Å². The molecule has 11 heteroatoms. The Bertz CT molecular complexity index is 829. The monoisotopic (exact) mass is 466 g/mol. The molecule has 8 N–H and O–H groups in total. The molecule has 1 rings (SSSR count). The molecule has 184 valence electrons. The molecule has 0 bridgehead atoms. The summed E-state index contributed by atoms with van der Waals surface area (Å²) in [7, 11) is 0. The van der Waals surface area contributed by atoms with Crippen molar-refractivity contribution < 1.29 is 34.5 Å². The Kier molecular flexibility index (Phi) is 10.8. The molecule has 6 unspecified atom stereocenters. The standard InChI is InChI=1S/C22H34N4O7/c1-5-11(2)17(22(32)33)25-21(31)18(13(4)27)26-19(29)12(3)24-20(30)16(23)10-14-6-8-15(28)9-7-14/h6-9,11-13,16-18,27-28H,5,10,23H2,1-4H3,(H,24,30)(H,25,31)(H,26,29)(H,32,33). The van der Waals surface area contributed by atoms with Gasteiger partial charge in [0.25, 0.3) is 0 Å². The minimum atomic E-state index is -1.42. The number of hydrogen-bond donors (Lipinski definition) is 7. The van der Waals surface area contributed by atoms with E-state index in [1.54, 1.807) is 26.0 Å². The molecule has 0 aliphatic rings. The van der Waals surface area contributed by atoms with Crippen molar-refractivity contribution in [1.82, 2.24) is 16.0 Å². The number of amides is 3. The molecule has 0 saturated heterocycles. The highest BCUT2D eigenvalue weighted by atomic mass is 16.4. The fourth-order valence-corrected chi connectivity index (χ4v) is 2.97. The Balaban J connectivity index is 2.73. The third-order valence-electron chi connectivity index (χ3n) is 5.32. The number of aliphatic carboxylic acids is 1. The molecule has 1 aromatic rings. The number of carboxylic acids is 1. The van der Waals surface area contributed by atoms with Gasteiger partial charge in [-0.2, -0.15) is 0 Å². The maximum absolute atomic E-state index is 12.6. The van der Waals surface area contributed by atoms with Crippen molar-refractivity contribution in [2.24, 2.45) is 11.7 Å². The lowest BCUT2D eigenvalue weighted by Gasteiger charge is -2.27. The SMILES string of the molecule is CCC(C)C(NC(=O)C(NC(=O)C(C)NC(=O)C(N)Cc1ccc(O)cc1)C(C)O)C(=O)O. The van der Waals surface area contributed by atoms with Crippen molar-refractivity contribution in [3.8, 4) is 5.75 Å². The molecule has 0 aliphatic carbocycles. The summed E-state index contributed by atoms with van der Waals surface area (Å²) in [5.74, 6) is -3.73. The van der Waals surface area contributed by atoms with Crippen LogP contribution < -0.4 is 21.7 Å². The number of carbonyl (C=O) groups is 4.